The quantitative estimate of drug-likeness (QED) is 0.756. The zero-order valence-electron chi connectivity index (χ0n) is 9.87. The molecule has 1 fully saturated rings. The highest BCUT2D eigenvalue weighted by atomic mass is 35.5. The Hall–Kier alpha value is -1.22. The molecule has 1 unspecified atom stereocenters. The van der Waals surface area contributed by atoms with Crippen LogP contribution in [0, 0.1) is 5.92 Å². The number of hydrogen-bond donors (Lipinski definition) is 0. The number of carbonyl (C=O) groups is 1. The van der Waals surface area contributed by atoms with E-state index in [-0.39, 0.29) is 5.91 Å². The van der Waals surface area contributed by atoms with Crippen molar-refractivity contribution in [3.63, 3.8) is 0 Å². The molecule has 1 saturated heterocycles. The van der Waals surface area contributed by atoms with E-state index in [0.717, 1.165) is 19.5 Å². The second kappa shape index (κ2) is 4.96. The lowest BCUT2D eigenvalue weighted by Crippen LogP contribution is -2.39. The zero-order chi connectivity index (χ0) is 12.4. The SMILES string of the molecule is CC1CCCN(C(=O)c2ccc([NH])cc2Cl)C1. The molecule has 0 saturated carbocycles. The zero-order valence-corrected chi connectivity index (χ0v) is 10.6. The Balaban J connectivity index is 2.18. The third kappa shape index (κ3) is 2.72. The number of rotatable bonds is 1. The second-order valence-corrected chi connectivity index (χ2v) is 5.10. The summed E-state index contributed by atoms with van der Waals surface area (Å²) in [6.07, 6.45) is 2.24. The Kier molecular flexibility index (Phi) is 3.57. The van der Waals surface area contributed by atoms with Crippen LogP contribution in [0.1, 0.15) is 30.1 Å². The van der Waals surface area contributed by atoms with Crippen LogP contribution in [0.5, 0.6) is 0 Å². The third-order valence-electron chi connectivity index (χ3n) is 3.14. The minimum atomic E-state index is -0.0125. The lowest BCUT2D eigenvalue weighted by molar-refractivity contribution is 0.0683. The molecule has 1 amide bonds. The van der Waals surface area contributed by atoms with Crippen LogP contribution >= 0.6 is 11.6 Å². The van der Waals surface area contributed by atoms with Gasteiger partial charge >= 0.3 is 0 Å². The van der Waals surface area contributed by atoms with Crippen LogP contribution in [0.2, 0.25) is 5.02 Å². The van der Waals surface area contributed by atoms with Gasteiger partial charge in [0.25, 0.3) is 5.91 Å². The van der Waals surface area contributed by atoms with Gasteiger partial charge in [-0.15, -0.1) is 0 Å². The molecule has 91 valence electrons. The van der Waals surface area contributed by atoms with Gasteiger partial charge in [-0.25, -0.2) is 0 Å². The van der Waals surface area contributed by atoms with Gasteiger partial charge in [-0.05, 0) is 37.0 Å². The summed E-state index contributed by atoms with van der Waals surface area (Å²) in [4.78, 5) is 14.1. The fourth-order valence-corrected chi connectivity index (χ4v) is 2.49. The summed E-state index contributed by atoms with van der Waals surface area (Å²) in [7, 11) is 0. The first kappa shape index (κ1) is 12.2. The van der Waals surface area contributed by atoms with Crippen molar-refractivity contribution < 1.29 is 4.79 Å². The molecule has 0 spiro atoms. The fraction of sp³-hybridized carbons (Fsp3) is 0.462. The molecular weight excluding hydrogens is 236 g/mol. The Morgan fingerprint density at radius 3 is 2.94 bits per heavy atom. The fourth-order valence-electron chi connectivity index (χ4n) is 2.23. The van der Waals surface area contributed by atoms with Gasteiger partial charge in [-0.2, -0.15) is 0 Å². The van der Waals surface area contributed by atoms with E-state index in [2.05, 4.69) is 6.92 Å². The molecule has 17 heavy (non-hydrogen) atoms. The van der Waals surface area contributed by atoms with Crippen molar-refractivity contribution in [1.82, 2.24) is 10.6 Å². The van der Waals surface area contributed by atoms with Crippen LogP contribution in [0.3, 0.4) is 0 Å². The first-order valence-corrected chi connectivity index (χ1v) is 6.26. The van der Waals surface area contributed by atoms with Crippen LogP contribution in [0.15, 0.2) is 18.2 Å². The molecule has 3 nitrogen and oxygen atoms in total. The molecule has 4 heteroatoms. The van der Waals surface area contributed by atoms with Crippen LogP contribution in [0.25, 0.3) is 0 Å². The smallest absolute Gasteiger partial charge is 0.255 e. The summed E-state index contributed by atoms with van der Waals surface area (Å²) >= 11 is 6.01. The van der Waals surface area contributed by atoms with Crippen LogP contribution in [0.4, 0.5) is 5.69 Å². The normalized spacial score (nSPS) is 20.4. The Morgan fingerprint density at radius 1 is 1.53 bits per heavy atom. The summed E-state index contributed by atoms with van der Waals surface area (Å²) in [6, 6.07) is 4.76. The summed E-state index contributed by atoms with van der Waals surface area (Å²) < 4.78 is 0. The Labute approximate surface area is 107 Å². The molecule has 1 aromatic rings. The molecule has 1 heterocycles. The van der Waals surface area contributed by atoms with Gasteiger partial charge in [0, 0.05) is 13.1 Å². The Morgan fingerprint density at radius 2 is 2.29 bits per heavy atom. The number of carbonyl (C=O) groups excluding carboxylic acids is 1. The van der Waals surface area contributed by atoms with Gasteiger partial charge in [0.1, 0.15) is 0 Å². The first-order valence-electron chi connectivity index (χ1n) is 5.88. The van der Waals surface area contributed by atoms with Gasteiger partial charge in [0.05, 0.1) is 16.3 Å². The van der Waals surface area contributed by atoms with Crippen molar-refractivity contribution in [2.24, 2.45) is 5.92 Å². The maximum Gasteiger partial charge on any atom is 0.255 e. The number of amides is 1. The number of nitrogens with zero attached hydrogens (tertiary/aromatic N) is 1. The topological polar surface area (TPSA) is 44.1 Å². The van der Waals surface area contributed by atoms with Crippen LogP contribution < -0.4 is 5.73 Å². The highest BCUT2D eigenvalue weighted by Crippen LogP contribution is 2.24. The van der Waals surface area contributed by atoms with Crippen molar-refractivity contribution >= 4 is 23.2 Å². The van der Waals surface area contributed by atoms with Gasteiger partial charge in [-0.3, -0.25) is 4.79 Å². The number of hydrogen-bond acceptors (Lipinski definition) is 1. The predicted molar refractivity (Wildman–Crippen MR) is 68.5 cm³/mol. The minimum Gasteiger partial charge on any atom is -0.338 e. The van der Waals surface area contributed by atoms with E-state index in [9.17, 15) is 4.79 Å². The van der Waals surface area contributed by atoms with Crippen LogP contribution in [-0.4, -0.2) is 23.9 Å². The molecule has 0 bridgehead atoms. The van der Waals surface area contributed by atoms with E-state index < -0.39 is 0 Å². The molecular formula is C13H16ClN2O. The molecule has 0 aromatic heterocycles. The maximum absolute atomic E-state index is 12.3. The van der Waals surface area contributed by atoms with E-state index in [4.69, 9.17) is 17.3 Å². The first-order chi connectivity index (χ1) is 8.08. The van der Waals surface area contributed by atoms with Gasteiger partial charge in [-0.1, -0.05) is 18.5 Å². The number of halogens is 1. The van der Waals surface area contributed by atoms with Crippen molar-refractivity contribution in [3.8, 4) is 0 Å². The lowest BCUT2D eigenvalue weighted by atomic mass is 9.99. The van der Waals surface area contributed by atoms with Gasteiger partial charge < -0.3 is 10.6 Å². The van der Waals surface area contributed by atoms with E-state index in [1.807, 2.05) is 4.90 Å². The molecule has 1 aliphatic rings. The average molecular weight is 252 g/mol. The van der Waals surface area contributed by atoms with E-state index in [0.29, 0.717) is 22.2 Å². The minimum absolute atomic E-state index is 0.0125. The summed E-state index contributed by atoms with van der Waals surface area (Å²) in [5.74, 6) is 0.545. The van der Waals surface area contributed by atoms with Crippen molar-refractivity contribution in [3.05, 3.63) is 28.8 Å². The van der Waals surface area contributed by atoms with Crippen molar-refractivity contribution in [2.45, 2.75) is 19.8 Å². The summed E-state index contributed by atoms with van der Waals surface area (Å²) in [5.41, 5.74) is 8.28. The van der Waals surface area contributed by atoms with Crippen LogP contribution in [-0.2, 0) is 0 Å². The number of nitrogens with one attached hydrogen (secondary N) is 1. The molecule has 1 atom stereocenters. The second-order valence-electron chi connectivity index (χ2n) is 4.69. The van der Waals surface area contributed by atoms with Gasteiger partial charge in [0.2, 0.25) is 0 Å². The standard InChI is InChI=1S/C13H16ClN2O/c1-9-3-2-6-16(8-9)13(17)11-5-4-10(15)7-12(11)14/h4-5,7,9,15H,2-3,6,8H2,1H3. The molecule has 0 aliphatic carbocycles. The Bertz CT molecular complexity index is 433. The largest absolute Gasteiger partial charge is 0.338 e. The number of benzene rings is 1. The molecule has 1 radical (unpaired) electrons. The average Bonchev–Trinajstić information content (AvgIpc) is 2.28. The van der Waals surface area contributed by atoms with Gasteiger partial charge in [0.15, 0.2) is 0 Å². The number of likely N-dealkylation sites (tertiary alicyclic amines) is 1. The summed E-state index contributed by atoms with van der Waals surface area (Å²) in [5, 5.41) is 0.376. The van der Waals surface area contributed by atoms with Crippen molar-refractivity contribution in [1.29, 1.82) is 0 Å². The van der Waals surface area contributed by atoms with E-state index in [1.165, 1.54) is 12.5 Å². The molecule has 1 N–H and O–H groups in total. The van der Waals surface area contributed by atoms with E-state index in [1.54, 1.807) is 12.1 Å². The monoisotopic (exact) mass is 251 g/mol. The molecule has 1 aliphatic heterocycles. The maximum atomic E-state index is 12.3. The van der Waals surface area contributed by atoms with Crippen molar-refractivity contribution in [2.75, 3.05) is 13.1 Å². The third-order valence-corrected chi connectivity index (χ3v) is 3.46. The highest BCUT2D eigenvalue weighted by molar-refractivity contribution is 6.34. The molecule has 1 aromatic carbocycles. The molecule has 2 rings (SSSR count). The summed E-state index contributed by atoms with van der Waals surface area (Å²) in [6.45, 7) is 3.77. The predicted octanol–water partition coefficient (Wildman–Crippen LogP) is 3.13. The highest BCUT2D eigenvalue weighted by Gasteiger charge is 2.23. The lowest BCUT2D eigenvalue weighted by Gasteiger charge is -2.31. The van der Waals surface area contributed by atoms with E-state index >= 15 is 0 Å². The number of piperidine rings is 1.